The molecule has 0 aliphatic carbocycles. The highest BCUT2D eigenvalue weighted by Gasteiger charge is 2.24. The second kappa shape index (κ2) is 10.9. The Morgan fingerprint density at radius 2 is 1.86 bits per heavy atom. The first kappa shape index (κ1) is 22.8. The Bertz CT molecular complexity index is 732. The molecule has 28 heavy (non-hydrogen) atoms. The van der Waals surface area contributed by atoms with Crippen molar-refractivity contribution in [1.29, 1.82) is 0 Å². The number of nitrogens with one attached hydrogen (secondary N) is 1. The Hall–Kier alpha value is -1.52. The molecule has 0 radical (unpaired) electrons. The highest BCUT2D eigenvalue weighted by atomic mass is 35.5. The van der Waals surface area contributed by atoms with Crippen molar-refractivity contribution in [3.05, 3.63) is 28.2 Å². The summed E-state index contributed by atoms with van der Waals surface area (Å²) in [5, 5.41) is 18.9. The van der Waals surface area contributed by atoms with Crippen molar-refractivity contribution >= 4 is 57.8 Å². The van der Waals surface area contributed by atoms with E-state index in [4.69, 9.17) is 43.0 Å². The molecule has 3 N–H and O–H groups in total. The number of aliphatic imine (C=N–C) groups is 1. The van der Waals surface area contributed by atoms with Gasteiger partial charge in [0, 0.05) is 12.3 Å². The van der Waals surface area contributed by atoms with E-state index in [-0.39, 0.29) is 6.17 Å². The molecular weight excluding hydrogens is 427 g/mol. The first-order valence-corrected chi connectivity index (χ1v) is 10.4. The van der Waals surface area contributed by atoms with E-state index in [1.165, 1.54) is 25.9 Å². The van der Waals surface area contributed by atoms with Crippen molar-refractivity contribution in [3.63, 3.8) is 0 Å². The number of nitrogens with zero attached hydrogens (tertiary/aromatic N) is 3. The molecule has 11 heteroatoms. The number of halogens is 2. The number of anilines is 1. The summed E-state index contributed by atoms with van der Waals surface area (Å²) in [5.74, 6) is -2.60. The van der Waals surface area contributed by atoms with Crippen molar-refractivity contribution in [2.24, 2.45) is 4.99 Å². The van der Waals surface area contributed by atoms with Gasteiger partial charge in [-0.1, -0.05) is 35.0 Å². The summed E-state index contributed by atoms with van der Waals surface area (Å²) in [7, 11) is 0. The van der Waals surface area contributed by atoms with Gasteiger partial charge in [0.1, 0.15) is 6.17 Å². The van der Waals surface area contributed by atoms with Crippen LogP contribution >= 0.6 is 35.0 Å². The molecule has 0 saturated carbocycles. The van der Waals surface area contributed by atoms with E-state index in [9.17, 15) is 0 Å². The van der Waals surface area contributed by atoms with Crippen molar-refractivity contribution in [2.75, 3.05) is 30.4 Å². The van der Waals surface area contributed by atoms with Gasteiger partial charge in [-0.15, -0.1) is 0 Å². The molecule has 3 rings (SSSR count). The number of hydrazine groups is 1. The third-order valence-electron chi connectivity index (χ3n) is 3.99. The second-order valence-corrected chi connectivity index (χ2v) is 8.03. The van der Waals surface area contributed by atoms with Crippen LogP contribution in [0, 0.1) is 0 Å². The largest absolute Gasteiger partial charge is 0.473 e. The molecule has 1 fully saturated rings. The van der Waals surface area contributed by atoms with Gasteiger partial charge in [0.15, 0.2) is 5.17 Å². The van der Waals surface area contributed by atoms with Crippen LogP contribution in [-0.2, 0) is 9.59 Å². The molecule has 1 unspecified atom stereocenters. The first-order valence-electron chi connectivity index (χ1n) is 8.68. The zero-order chi connectivity index (χ0) is 20.7. The average Bonchev–Trinajstić information content (AvgIpc) is 3.27. The smallest absolute Gasteiger partial charge is 0.414 e. The van der Waals surface area contributed by atoms with Crippen molar-refractivity contribution in [3.8, 4) is 0 Å². The Morgan fingerprint density at radius 3 is 2.43 bits per heavy atom. The molecule has 8 nitrogen and oxygen atoms in total. The minimum absolute atomic E-state index is 0.0729. The lowest BCUT2D eigenvalue weighted by atomic mass is 10.3. The lowest BCUT2D eigenvalue weighted by Gasteiger charge is -2.22. The Morgan fingerprint density at radius 1 is 1.21 bits per heavy atom. The number of likely N-dealkylation sites (tertiary alicyclic amines) is 1. The SMILES string of the molecule is CC1N=C(SCCN2CCCC2)N(c2ccc(Cl)c(Cl)c2)N1.O=C(O)C(=O)O. The summed E-state index contributed by atoms with van der Waals surface area (Å²) in [6, 6.07) is 5.64. The average molecular weight is 449 g/mol. The number of benzene rings is 1. The van der Waals surface area contributed by atoms with Gasteiger partial charge in [0.05, 0.1) is 15.7 Å². The molecule has 1 saturated heterocycles. The van der Waals surface area contributed by atoms with Crippen molar-refractivity contribution in [1.82, 2.24) is 10.3 Å². The van der Waals surface area contributed by atoms with E-state index >= 15 is 0 Å². The van der Waals surface area contributed by atoms with Crippen LogP contribution in [-0.4, -0.2) is 63.8 Å². The van der Waals surface area contributed by atoms with Crippen LogP contribution in [0.25, 0.3) is 0 Å². The molecule has 0 bridgehead atoms. The van der Waals surface area contributed by atoms with Crippen LogP contribution in [0.5, 0.6) is 0 Å². The summed E-state index contributed by atoms with van der Waals surface area (Å²) < 4.78 is 0. The number of rotatable bonds is 4. The van der Waals surface area contributed by atoms with Gasteiger partial charge in [0.2, 0.25) is 0 Å². The number of carbonyl (C=O) groups is 2. The van der Waals surface area contributed by atoms with Crippen LogP contribution in [0.2, 0.25) is 10.0 Å². The van der Waals surface area contributed by atoms with Crippen molar-refractivity contribution < 1.29 is 19.8 Å². The molecular formula is C17H22Cl2N4O4S. The predicted molar refractivity (Wildman–Crippen MR) is 112 cm³/mol. The highest BCUT2D eigenvalue weighted by molar-refractivity contribution is 8.14. The molecule has 2 aliphatic heterocycles. The number of amidine groups is 1. The summed E-state index contributed by atoms with van der Waals surface area (Å²) >= 11 is 13.9. The second-order valence-electron chi connectivity index (χ2n) is 6.16. The fraction of sp³-hybridized carbons (Fsp3) is 0.471. The third-order valence-corrected chi connectivity index (χ3v) is 5.66. The van der Waals surface area contributed by atoms with Crippen molar-refractivity contribution in [2.45, 2.75) is 25.9 Å². The maximum atomic E-state index is 9.10. The first-order chi connectivity index (χ1) is 13.3. The van der Waals surface area contributed by atoms with E-state index in [0.29, 0.717) is 10.0 Å². The molecule has 0 spiro atoms. The zero-order valence-electron chi connectivity index (χ0n) is 15.3. The zero-order valence-corrected chi connectivity index (χ0v) is 17.6. The quantitative estimate of drug-likeness (QED) is 0.603. The van der Waals surface area contributed by atoms with E-state index in [1.807, 2.05) is 30.1 Å². The van der Waals surface area contributed by atoms with Gasteiger partial charge in [0.25, 0.3) is 0 Å². The minimum atomic E-state index is -1.82. The van der Waals surface area contributed by atoms with Gasteiger partial charge >= 0.3 is 11.9 Å². The monoisotopic (exact) mass is 448 g/mol. The molecule has 0 amide bonds. The van der Waals surface area contributed by atoms with E-state index in [1.54, 1.807) is 11.8 Å². The number of hydrogen-bond donors (Lipinski definition) is 3. The normalized spacial score (nSPS) is 19.2. The van der Waals surface area contributed by atoms with Gasteiger partial charge in [-0.3, -0.25) is 5.01 Å². The minimum Gasteiger partial charge on any atom is -0.473 e. The number of thioether (sulfide) groups is 1. The topological polar surface area (TPSA) is 105 Å². The van der Waals surface area contributed by atoms with Crippen LogP contribution in [0.15, 0.2) is 23.2 Å². The number of carboxylic acid groups (broad SMARTS) is 2. The van der Waals surface area contributed by atoms with Gasteiger partial charge in [-0.25, -0.2) is 20.0 Å². The fourth-order valence-electron chi connectivity index (χ4n) is 2.68. The van der Waals surface area contributed by atoms with Crippen LogP contribution < -0.4 is 10.4 Å². The molecule has 0 aromatic heterocycles. The van der Waals surface area contributed by atoms with Gasteiger partial charge in [-0.2, -0.15) is 0 Å². The standard InChI is InChI=1S/C15H20Cl2N4S.C2H2O4/c1-11-18-15(22-9-8-20-6-2-3-7-20)21(19-11)12-4-5-13(16)14(17)10-12;3-1(4)2(5)6/h4-5,10-11,19H,2-3,6-9H2,1H3;(H,3,4)(H,5,6). The van der Waals surface area contributed by atoms with Gasteiger partial charge in [-0.05, 0) is 51.1 Å². The molecule has 1 aromatic rings. The summed E-state index contributed by atoms with van der Waals surface area (Å²) in [4.78, 5) is 25.4. The third kappa shape index (κ3) is 6.82. The molecule has 2 aliphatic rings. The van der Waals surface area contributed by atoms with Gasteiger partial charge < -0.3 is 15.1 Å². The summed E-state index contributed by atoms with van der Waals surface area (Å²) in [5.41, 5.74) is 4.30. The lowest BCUT2D eigenvalue weighted by molar-refractivity contribution is -0.159. The molecule has 1 atom stereocenters. The van der Waals surface area contributed by atoms with E-state index in [2.05, 4.69) is 15.3 Å². The highest BCUT2D eigenvalue weighted by Crippen LogP contribution is 2.29. The lowest BCUT2D eigenvalue weighted by Crippen LogP contribution is -2.39. The molecule has 2 heterocycles. The van der Waals surface area contributed by atoms with Crippen LogP contribution in [0.3, 0.4) is 0 Å². The number of hydrogen-bond acceptors (Lipinski definition) is 7. The maximum absolute atomic E-state index is 9.10. The van der Waals surface area contributed by atoms with Crippen LogP contribution in [0.4, 0.5) is 5.69 Å². The maximum Gasteiger partial charge on any atom is 0.414 e. The summed E-state index contributed by atoms with van der Waals surface area (Å²) in [6.45, 7) is 5.63. The van der Waals surface area contributed by atoms with E-state index < -0.39 is 11.9 Å². The summed E-state index contributed by atoms with van der Waals surface area (Å²) in [6.07, 6.45) is 2.74. The molecule has 1 aromatic carbocycles. The predicted octanol–water partition coefficient (Wildman–Crippen LogP) is 3.00. The van der Waals surface area contributed by atoms with E-state index in [0.717, 1.165) is 23.2 Å². The number of aliphatic carboxylic acids is 2. The molecule has 154 valence electrons. The number of carboxylic acids is 2. The fourth-order valence-corrected chi connectivity index (χ4v) is 4.02. The Labute approximate surface area is 177 Å². The Kier molecular flexibility index (Phi) is 8.84. The Balaban J connectivity index is 0.000000409. The van der Waals surface area contributed by atoms with Crippen LogP contribution in [0.1, 0.15) is 19.8 Å².